The first-order valence-electron chi connectivity index (χ1n) is 6.59. The molecular formula is C15H16ClNO4. The number of ether oxygens (including phenoxy) is 1. The van der Waals surface area contributed by atoms with Crippen molar-refractivity contribution >= 4 is 28.5 Å². The number of carbonyl (C=O) groups is 1. The monoisotopic (exact) mass is 309 g/mol. The van der Waals surface area contributed by atoms with E-state index in [9.17, 15) is 15.0 Å². The van der Waals surface area contributed by atoms with E-state index in [4.69, 9.17) is 16.3 Å². The van der Waals surface area contributed by atoms with Crippen molar-refractivity contribution in [3.63, 3.8) is 0 Å². The lowest BCUT2D eigenvalue weighted by molar-refractivity contribution is -0.147. The van der Waals surface area contributed by atoms with Crippen molar-refractivity contribution < 1.29 is 19.7 Å². The zero-order valence-electron chi connectivity index (χ0n) is 11.5. The van der Waals surface area contributed by atoms with Gasteiger partial charge in [0.1, 0.15) is 11.3 Å². The number of halogens is 1. The van der Waals surface area contributed by atoms with Gasteiger partial charge in [-0.25, -0.2) is 4.98 Å². The summed E-state index contributed by atoms with van der Waals surface area (Å²) in [5, 5.41) is 21.2. The van der Waals surface area contributed by atoms with Crippen molar-refractivity contribution in [1.82, 2.24) is 4.98 Å². The number of aromatic nitrogens is 1. The van der Waals surface area contributed by atoms with E-state index >= 15 is 0 Å². The molecule has 0 aliphatic heterocycles. The molecule has 6 heteroatoms. The molecule has 1 heterocycles. The molecule has 0 saturated carbocycles. The average Bonchev–Trinajstić information content (AvgIpc) is 2.46. The summed E-state index contributed by atoms with van der Waals surface area (Å²) in [4.78, 5) is 15.5. The van der Waals surface area contributed by atoms with Crippen LogP contribution >= 0.6 is 11.6 Å². The topological polar surface area (TPSA) is 79.7 Å². The highest BCUT2D eigenvalue weighted by atomic mass is 35.5. The van der Waals surface area contributed by atoms with Crippen LogP contribution < -0.4 is 0 Å². The second-order valence-electron chi connectivity index (χ2n) is 4.61. The zero-order chi connectivity index (χ0) is 15.4. The largest absolute Gasteiger partial charge is 0.466 e. The van der Waals surface area contributed by atoms with Crippen LogP contribution in [-0.2, 0) is 9.53 Å². The molecule has 2 unspecified atom stereocenters. The van der Waals surface area contributed by atoms with Gasteiger partial charge >= 0.3 is 5.97 Å². The molecule has 0 amide bonds. The van der Waals surface area contributed by atoms with E-state index in [0.29, 0.717) is 16.2 Å². The molecule has 2 aromatic rings. The SMILES string of the molecule is CCOC(=O)CC(O)C(O)c1ccc2nc(Cl)ccc2c1. The van der Waals surface area contributed by atoms with Crippen molar-refractivity contribution in [1.29, 1.82) is 0 Å². The lowest BCUT2D eigenvalue weighted by Gasteiger charge is -2.17. The maximum Gasteiger partial charge on any atom is 0.308 e. The lowest BCUT2D eigenvalue weighted by atomic mass is 10.0. The quantitative estimate of drug-likeness (QED) is 0.654. The fourth-order valence-electron chi connectivity index (χ4n) is 2.03. The van der Waals surface area contributed by atoms with Crippen LogP contribution in [0.3, 0.4) is 0 Å². The number of esters is 1. The van der Waals surface area contributed by atoms with E-state index in [1.165, 1.54) is 0 Å². The Bertz CT molecular complexity index is 647. The van der Waals surface area contributed by atoms with Gasteiger partial charge in [-0.1, -0.05) is 17.7 Å². The molecule has 0 saturated heterocycles. The molecule has 21 heavy (non-hydrogen) atoms. The van der Waals surface area contributed by atoms with E-state index in [0.717, 1.165) is 5.39 Å². The standard InChI is InChI=1S/C15H16ClNO4/c1-2-21-14(19)8-12(18)15(20)10-3-5-11-9(7-10)4-6-13(16)17-11/h3-7,12,15,18,20H,2,8H2,1H3. The number of rotatable bonds is 5. The number of benzene rings is 1. The Hall–Kier alpha value is -1.69. The fourth-order valence-corrected chi connectivity index (χ4v) is 2.18. The molecule has 0 aliphatic carbocycles. The number of carbonyl (C=O) groups excluding carboxylic acids is 1. The van der Waals surface area contributed by atoms with Gasteiger partial charge in [0, 0.05) is 5.39 Å². The molecule has 0 bridgehead atoms. The number of hydrogen-bond acceptors (Lipinski definition) is 5. The summed E-state index contributed by atoms with van der Waals surface area (Å²) < 4.78 is 4.75. The van der Waals surface area contributed by atoms with Gasteiger partial charge in [0.2, 0.25) is 0 Å². The highest BCUT2D eigenvalue weighted by Gasteiger charge is 2.22. The maximum atomic E-state index is 11.3. The Labute approximate surface area is 127 Å². The highest BCUT2D eigenvalue weighted by Crippen LogP contribution is 2.24. The van der Waals surface area contributed by atoms with Gasteiger partial charge in [-0.05, 0) is 36.8 Å². The molecule has 0 radical (unpaired) electrons. The predicted octanol–water partition coefficient (Wildman–Crippen LogP) is 2.24. The summed E-state index contributed by atoms with van der Waals surface area (Å²) >= 11 is 5.81. The van der Waals surface area contributed by atoms with Crippen LogP contribution in [0.1, 0.15) is 25.0 Å². The Morgan fingerprint density at radius 2 is 2.10 bits per heavy atom. The van der Waals surface area contributed by atoms with Gasteiger partial charge in [0.25, 0.3) is 0 Å². The van der Waals surface area contributed by atoms with Crippen LogP contribution in [0.25, 0.3) is 10.9 Å². The minimum Gasteiger partial charge on any atom is -0.466 e. The van der Waals surface area contributed by atoms with Crippen molar-refractivity contribution in [2.75, 3.05) is 6.61 Å². The van der Waals surface area contributed by atoms with Crippen LogP contribution in [0, 0.1) is 0 Å². The van der Waals surface area contributed by atoms with Crippen molar-refractivity contribution in [3.8, 4) is 0 Å². The molecule has 0 spiro atoms. The van der Waals surface area contributed by atoms with Gasteiger partial charge < -0.3 is 14.9 Å². The van der Waals surface area contributed by atoms with E-state index in [2.05, 4.69) is 4.98 Å². The van der Waals surface area contributed by atoms with Crippen molar-refractivity contribution in [3.05, 3.63) is 41.0 Å². The molecule has 2 N–H and O–H groups in total. The third kappa shape index (κ3) is 3.91. The van der Waals surface area contributed by atoms with E-state index in [1.54, 1.807) is 37.3 Å². The van der Waals surface area contributed by atoms with Gasteiger partial charge in [-0.3, -0.25) is 4.79 Å². The van der Waals surface area contributed by atoms with Crippen molar-refractivity contribution in [2.24, 2.45) is 0 Å². The van der Waals surface area contributed by atoms with Crippen LogP contribution in [0.2, 0.25) is 5.15 Å². The summed E-state index contributed by atoms with van der Waals surface area (Å²) in [7, 11) is 0. The zero-order valence-corrected chi connectivity index (χ0v) is 12.2. The Morgan fingerprint density at radius 1 is 1.33 bits per heavy atom. The average molecular weight is 310 g/mol. The van der Waals surface area contributed by atoms with Gasteiger partial charge in [0.15, 0.2) is 0 Å². The normalized spacial score (nSPS) is 13.9. The summed E-state index contributed by atoms with van der Waals surface area (Å²) in [6.45, 7) is 1.92. The van der Waals surface area contributed by atoms with E-state index in [1.807, 2.05) is 0 Å². The number of pyridine rings is 1. The van der Waals surface area contributed by atoms with Crippen LogP contribution in [0.4, 0.5) is 0 Å². The third-order valence-electron chi connectivity index (χ3n) is 3.07. The minimum atomic E-state index is -1.22. The first kappa shape index (κ1) is 15.7. The second kappa shape index (κ2) is 6.85. The molecule has 112 valence electrons. The smallest absolute Gasteiger partial charge is 0.308 e. The molecule has 0 fully saturated rings. The number of nitrogens with zero attached hydrogens (tertiary/aromatic N) is 1. The molecule has 1 aromatic carbocycles. The fraction of sp³-hybridized carbons (Fsp3) is 0.333. The first-order valence-corrected chi connectivity index (χ1v) is 6.97. The van der Waals surface area contributed by atoms with E-state index < -0.39 is 18.2 Å². The Balaban J connectivity index is 2.16. The number of aliphatic hydroxyl groups excluding tert-OH is 2. The number of aliphatic hydroxyl groups is 2. The Morgan fingerprint density at radius 3 is 2.81 bits per heavy atom. The Kier molecular flexibility index (Phi) is 5.12. The first-order chi connectivity index (χ1) is 10.0. The van der Waals surface area contributed by atoms with E-state index in [-0.39, 0.29) is 13.0 Å². The third-order valence-corrected chi connectivity index (χ3v) is 3.28. The number of fused-ring (bicyclic) bond motifs is 1. The van der Waals surface area contributed by atoms with Crippen LogP contribution in [-0.4, -0.2) is 33.9 Å². The van der Waals surface area contributed by atoms with Gasteiger partial charge in [-0.15, -0.1) is 0 Å². The number of hydrogen-bond donors (Lipinski definition) is 2. The lowest BCUT2D eigenvalue weighted by Crippen LogP contribution is -2.23. The molecule has 2 rings (SSSR count). The molecular weight excluding hydrogens is 294 g/mol. The van der Waals surface area contributed by atoms with Crippen LogP contribution in [0.5, 0.6) is 0 Å². The van der Waals surface area contributed by atoms with Gasteiger partial charge in [-0.2, -0.15) is 0 Å². The predicted molar refractivity (Wildman–Crippen MR) is 79.0 cm³/mol. The highest BCUT2D eigenvalue weighted by molar-refractivity contribution is 6.29. The summed E-state index contributed by atoms with van der Waals surface area (Å²) in [5.41, 5.74) is 1.20. The maximum absolute atomic E-state index is 11.3. The van der Waals surface area contributed by atoms with Crippen LogP contribution in [0.15, 0.2) is 30.3 Å². The summed E-state index contributed by atoms with van der Waals surface area (Å²) in [6, 6.07) is 8.48. The molecule has 0 aliphatic rings. The molecule has 1 aromatic heterocycles. The summed E-state index contributed by atoms with van der Waals surface area (Å²) in [6.07, 6.45) is -2.65. The minimum absolute atomic E-state index is 0.240. The second-order valence-corrected chi connectivity index (χ2v) is 4.99. The molecule has 2 atom stereocenters. The summed E-state index contributed by atoms with van der Waals surface area (Å²) in [5.74, 6) is -0.543. The van der Waals surface area contributed by atoms with Gasteiger partial charge in [0.05, 0.1) is 24.6 Å². The molecule has 5 nitrogen and oxygen atoms in total. The van der Waals surface area contributed by atoms with Crippen molar-refractivity contribution in [2.45, 2.75) is 25.6 Å².